The summed E-state index contributed by atoms with van der Waals surface area (Å²) in [5.74, 6) is -2.11. The van der Waals surface area contributed by atoms with Crippen molar-refractivity contribution in [3.63, 3.8) is 0 Å². The molecular formula is C20H21F4N5O3. The molecule has 8 nitrogen and oxygen atoms in total. The standard InChI is InChI=1S/C20H21F4N5O3/c1-4-15(20(22,23)24)19(2,29-16(25)10-30)12-7-11(5-6-13(12)21)28-18(31)14-8-27-17(32-3)9-26-14/h4-9,30H,10H2,1-3H3,(H2,25,29)(H,28,31)/b15-4-. The van der Waals surface area contributed by atoms with E-state index in [9.17, 15) is 27.5 Å². The lowest BCUT2D eigenvalue weighted by atomic mass is 9.83. The summed E-state index contributed by atoms with van der Waals surface area (Å²) in [4.78, 5) is 23.9. The highest BCUT2D eigenvalue weighted by atomic mass is 19.4. The molecule has 2 rings (SSSR count). The van der Waals surface area contributed by atoms with Crippen LogP contribution in [0.15, 0.2) is 47.2 Å². The fourth-order valence-electron chi connectivity index (χ4n) is 3.02. The van der Waals surface area contributed by atoms with Gasteiger partial charge in [0.15, 0.2) is 0 Å². The van der Waals surface area contributed by atoms with Crippen molar-refractivity contribution in [1.29, 1.82) is 0 Å². The van der Waals surface area contributed by atoms with Crippen LogP contribution < -0.4 is 15.8 Å². The number of carbonyl (C=O) groups excluding carboxylic acids is 1. The number of amides is 1. The molecule has 0 bridgehead atoms. The number of methoxy groups -OCH3 is 1. The highest BCUT2D eigenvalue weighted by Crippen LogP contribution is 2.44. The van der Waals surface area contributed by atoms with E-state index in [-0.39, 0.29) is 17.3 Å². The Morgan fingerprint density at radius 1 is 1.31 bits per heavy atom. The number of aliphatic imine (C=N–C) groups is 1. The number of nitrogens with zero attached hydrogens (tertiary/aromatic N) is 3. The van der Waals surface area contributed by atoms with Crippen LogP contribution in [-0.2, 0) is 5.54 Å². The minimum Gasteiger partial charge on any atom is -0.480 e. The van der Waals surface area contributed by atoms with Crippen molar-refractivity contribution in [2.45, 2.75) is 25.6 Å². The molecule has 12 heteroatoms. The summed E-state index contributed by atoms with van der Waals surface area (Å²) in [5.41, 5.74) is 1.30. The topological polar surface area (TPSA) is 123 Å². The van der Waals surface area contributed by atoms with Gasteiger partial charge < -0.3 is 20.9 Å². The molecule has 0 spiro atoms. The molecule has 1 atom stereocenters. The van der Waals surface area contributed by atoms with Gasteiger partial charge in [-0.05, 0) is 32.0 Å². The van der Waals surface area contributed by atoms with Crippen LogP contribution in [0.5, 0.6) is 5.88 Å². The molecule has 0 radical (unpaired) electrons. The number of nitrogens with one attached hydrogen (secondary N) is 1. The number of ether oxygens (including phenoxy) is 1. The van der Waals surface area contributed by atoms with Crippen molar-refractivity contribution in [2.75, 3.05) is 19.0 Å². The van der Waals surface area contributed by atoms with Gasteiger partial charge in [-0.15, -0.1) is 0 Å². The Balaban J connectivity index is 2.54. The Morgan fingerprint density at radius 2 is 2.00 bits per heavy atom. The first kappa shape index (κ1) is 24.7. The number of allylic oxidation sites excluding steroid dienone is 1. The number of hydrogen-bond acceptors (Lipinski definition) is 6. The summed E-state index contributed by atoms with van der Waals surface area (Å²) >= 11 is 0. The molecule has 0 aliphatic rings. The summed E-state index contributed by atoms with van der Waals surface area (Å²) in [6.45, 7) is 1.30. The maximum Gasteiger partial charge on any atom is 0.415 e. The molecule has 1 heterocycles. The lowest BCUT2D eigenvalue weighted by Gasteiger charge is -2.31. The number of aliphatic hydroxyl groups is 1. The number of anilines is 1. The molecule has 1 aromatic heterocycles. The number of alkyl halides is 3. The SMILES string of the molecule is C/C=C(\C(F)(F)F)C(C)(/N=C(/N)CO)c1cc(NC(=O)c2cnc(OC)cn2)ccc1F. The molecule has 0 saturated heterocycles. The van der Waals surface area contributed by atoms with Crippen molar-refractivity contribution < 1.29 is 32.2 Å². The van der Waals surface area contributed by atoms with Crippen LogP contribution in [0.3, 0.4) is 0 Å². The molecule has 0 aliphatic heterocycles. The molecule has 4 N–H and O–H groups in total. The van der Waals surface area contributed by atoms with Crippen LogP contribution >= 0.6 is 0 Å². The van der Waals surface area contributed by atoms with E-state index in [0.29, 0.717) is 0 Å². The van der Waals surface area contributed by atoms with Crippen molar-refractivity contribution in [2.24, 2.45) is 10.7 Å². The van der Waals surface area contributed by atoms with Gasteiger partial charge in [-0.1, -0.05) is 6.08 Å². The summed E-state index contributed by atoms with van der Waals surface area (Å²) in [6, 6.07) is 3.06. The number of rotatable bonds is 7. The van der Waals surface area contributed by atoms with Gasteiger partial charge in [0, 0.05) is 11.3 Å². The number of halogens is 4. The Morgan fingerprint density at radius 3 is 2.50 bits per heavy atom. The van der Waals surface area contributed by atoms with Gasteiger partial charge in [-0.2, -0.15) is 13.2 Å². The maximum atomic E-state index is 14.7. The van der Waals surface area contributed by atoms with Crippen molar-refractivity contribution in [3.05, 3.63) is 59.3 Å². The molecule has 0 saturated carbocycles. The molecule has 1 aromatic carbocycles. The largest absolute Gasteiger partial charge is 0.480 e. The molecule has 2 aromatic rings. The predicted molar refractivity (Wildman–Crippen MR) is 109 cm³/mol. The normalized spacial score (nSPS) is 14.6. The van der Waals surface area contributed by atoms with E-state index in [0.717, 1.165) is 44.3 Å². The van der Waals surface area contributed by atoms with Crippen LogP contribution in [0.25, 0.3) is 0 Å². The second-order valence-electron chi connectivity index (χ2n) is 6.63. The summed E-state index contributed by atoms with van der Waals surface area (Å²) in [5, 5.41) is 11.6. The Bertz CT molecular complexity index is 1040. The van der Waals surface area contributed by atoms with E-state index in [1.807, 2.05) is 0 Å². The van der Waals surface area contributed by atoms with Gasteiger partial charge in [-0.3, -0.25) is 9.79 Å². The van der Waals surface area contributed by atoms with E-state index in [2.05, 4.69) is 20.3 Å². The fraction of sp³-hybridized carbons (Fsp3) is 0.300. The van der Waals surface area contributed by atoms with Crippen LogP contribution in [0.1, 0.15) is 29.9 Å². The second-order valence-corrected chi connectivity index (χ2v) is 6.63. The maximum absolute atomic E-state index is 14.7. The second kappa shape index (κ2) is 9.73. The van der Waals surface area contributed by atoms with Gasteiger partial charge in [0.25, 0.3) is 5.91 Å². The van der Waals surface area contributed by atoms with E-state index in [1.54, 1.807) is 0 Å². The lowest BCUT2D eigenvalue weighted by molar-refractivity contribution is -0.101. The monoisotopic (exact) mass is 455 g/mol. The molecule has 32 heavy (non-hydrogen) atoms. The summed E-state index contributed by atoms with van der Waals surface area (Å²) < 4.78 is 60.8. The molecular weight excluding hydrogens is 434 g/mol. The van der Waals surface area contributed by atoms with Gasteiger partial charge in [0.2, 0.25) is 5.88 Å². The average Bonchev–Trinajstić information content (AvgIpc) is 2.74. The number of aliphatic hydroxyl groups excluding tert-OH is 1. The van der Waals surface area contributed by atoms with Gasteiger partial charge in [-0.25, -0.2) is 14.4 Å². The minimum atomic E-state index is -4.88. The van der Waals surface area contributed by atoms with Crippen LogP contribution in [-0.4, -0.2) is 46.7 Å². The third-order valence-corrected chi connectivity index (χ3v) is 4.47. The number of carbonyl (C=O) groups is 1. The number of benzene rings is 1. The zero-order valence-electron chi connectivity index (χ0n) is 17.4. The smallest absolute Gasteiger partial charge is 0.415 e. The van der Waals surface area contributed by atoms with Crippen molar-refractivity contribution >= 4 is 17.4 Å². The Kier molecular flexibility index (Phi) is 7.52. The molecule has 0 aliphatic carbocycles. The third kappa shape index (κ3) is 5.38. The zero-order chi connectivity index (χ0) is 24.1. The van der Waals surface area contributed by atoms with Crippen LogP contribution in [0.2, 0.25) is 0 Å². The van der Waals surface area contributed by atoms with E-state index in [1.165, 1.54) is 13.3 Å². The number of nitrogens with two attached hydrogens (primary N) is 1. The van der Waals surface area contributed by atoms with E-state index < -0.39 is 47.0 Å². The van der Waals surface area contributed by atoms with Crippen molar-refractivity contribution in [1.82, 2.24) is 9.97 Å². The van der Waals surface area contributed by atoms with Crippen LogP contribution in [0.4, 0.5) is 23.2 Å². The Labute approximate surface area is 180 Å². The fourth-order valence-corrected chi connectivity index (χ4v) is 3.02. The number of amidine groups is 1. The predicted octanol–water partition coefficient (Wildman–Crippen LogP) is 2.95. The quantitative estimate of drug-likeness (QED) is 0.255. The molecule has 1 unspecified atom stereocenters. The first-order chi connectivity index (χ1) is 15.0. The van der Waals surface area contributed by atoms with E-state index >= 15 is 0 Å². The van der Waals surface area contributed by atoms with Crippen LogP contribution in [0, 0.1) is 5.82 Å². The molecule has 172 valence electrons. The van der Waals surface area contributed by atoms with Gasteiger partial charge in [0.05, 0.1) is 25.1 Å². The minimum absolute atomic E-state index is 0.0226. The highest BCUT2D eigenvalue weighted by Gasteiger charge is 2.47. The number of hydrogen-bond donors (Lipinski definition) is 3. The Hall–Kier alpha value is -3.54. The summed E-state index contributed by atoms with van der Waals surface area (Å²) in [6.07, 6.45) is -1.80. The average molecular weight is 455 g/mol. The third-order valence-electron chi connectivity index (χ3n) is 4.47. The zero-order valence-corrected chi connectivity index (χ0v) is 17.4. The van der Waals surface area contributed by atoms with Crippen molar-refractivity contribution in [3.8, 4) is 5.88 Å². The highest BCUT2D eigenvalue weighted by molar-refractivity contribution is 6.02. The van der Waals surface area contributed by atoms with Gasteiger partial charge in [0.1, 0.15) is 29.5 Å². The first-order valence-corrected chi connectivity index (χ1v) is 9.12. The number of aromatic nitrogens is 2. The first-order valence-electron chi connectivity index (χ1n) is 9.12. The van der Waals surface area contributed by atoms with E-state index in [4.69, 9.17) is 10.5 Å². The molecule has 1 amide bonds. The summed E-state index contributed by atoms with van der Waals surface area (Å²) in [7, 11) is 1.37. The molecule has 0 fully saturated rings. The van der Waals surface area contributed by atoms with Gasteiger partial charge >= 0.3 is 6.18 Å². The lowest BCUT2D eigenvalue weighted by Crippen LogP contribution is -2.35.